The Bertz CT molecular complexity index is 254. The molecule has 18 heavy (non-hydrogen) atoms. The normalized spacial score (nSPS) is 12.6. The Morgan fingerprint density at radius 2 is 1.44 bits per heavy atom. The topological polar surface area (TPSA) is 44.8 Å². The summed E-state index contributed by atoms with van der Waals surface area (Å²) in [6.07, 6.45) is -5.96. The number of esters is 1. The van der Waals surface area contributed by atoms with Crippen molar-refractivity contribution in [3.8, 4) is 0 Å². The predicted octanol–water partition coefficient (Wildman–Crippen LogP) is 1.78. The number of alkyl halides is 5. The SMILES string of the molecule is CCOCCOCCOC(=O)C(F)(F)C(F)(F)F. The average molecular weight is 280 g/mol. The molecule has 0 spiro atoms. The minimum Gasteiger partial charge on any atom is -0.459 e. The van der Waals surface area contributed by atoms with Crippen LogP contribution in [-0.4, -0.2) is 51.1 Å². The first kappa shape index (κ1) is 17.0. The summed E-state index contributed by atoms with van der Waals surface area (Å²) in [5.74, 6) is -8.14. The lowest BCUT2D eigenvalue weighted by molar-refractivity contribution is -0.280. The molecule has 0 amide bonds. The van der Waals surface area contributed by atoms with E-state index in [0.717, 1.165) is 0 Å². The highest BCUT2D eigenvalue weighted by Crippen LogP contribution is 2.36. The maximum absolute atomic E-state index is 12.3. The van der Waals surface area contributed by atoms with Gasteiger partial charge in [-0.1, -0.05) is 0 Å². The van der Waals surface area contributed by atoms with Crippen LogP contribution in [0.2, 0.25) is 0 Å². The van der Waals surface area contributed by atoms with E-state index in [1.807, 2.05) is 0 Å². The van der Waals surface area contributed by atoms with Crippen LogP contribution in [0, 0.1) is 0 Å². The summed E-state index contributed by atoms with van der Waals surface area (Å²) in [6, 6.07) is 0. The molecule has 0 N–H and O–H groups in total. The number of rotatable bonds is 8. The summed E-state index contributed by atoms with van der Waals surface area (Å²) >= 11 is 0. The highest BCUT2D eigenvalue weighted by Gasteiger charge is 2.64. The fourth-order valence-corrected chi connectivity index (χ4v) is 0.764. The van der Waals surface area contributed by atoms with Crippen molar-refractivity contribution in [3.05, 3.63) is 0 Å². The molecular formula is C9H13F5O4. The average Bonchev–Trinajstić information content (AvgIpc) is 2.26. The maximum Gasteiger partial charge on any atom is 0.465 e. The molecular weight excluding hydrogens is 267 g/mol. The number of carbonyl (C=O) groups is 1. The number of hydrogen-bond donors (Lipinski definition) is 0. The highest BCUT2D eigenvalue weighted by atomic mass is 19.4. The lowest BCUT2D eigenvalue weighted by atomic mass is 10.3. The van der Waals surface area contributed by atoms with Crippen LogP contribution in [0.4, 0.5) is 22.0 Å². The highest BCUT2D eigenvalue weighted by molar-refractivity contribution is 5.78. The first-order valence-electron chi connectivity index (χ1n) is 5.00. The van der Waals surface area contributed by atoms with Crippen LogP contribution in [0.15, 0.2) is 0 Å². The largest absolute Gasteiger partial charge is 0.465 e. The van der Waals surface area contributed by atoms with Gasteiger partial charge in [-0.15, -0.1) is 0 Å². The molecule has 0 aliphatic rings. The Kier molecular flexibility index (Phi) is 7.07. The third-order valence-corrected chi connectivity index (χ3v) is 1.65. The zero-order valence-electron chi connectivity index (χ0n) is 9.56. The molecule has 0 aromatic rings. The third kappa shape index (κ3) is 5.58. The second-order valence-corrected chi connectivity index (χ2v) is 3.02. The third-order valence-electron chi connectivity index (χ3n) is 1.65. The van der Waals surface area contributed by atoms with E-state index in [2.05, 4.69) is 4.74 Å². The summed E-state index contributed by atoms with van der Waals surface area (Å²) in [7, 11) is 0. The summed E-state index contributed by atoms with van der Waals surface area (Å²) in [4.78, 5) is 10.5. The van der Waals surface area contributed by atoms with Gasteiger partial charge in [-0.3, -0.25) is 0 Å². The van der Waals surface area contributed by atoms with Crippen LogP contribution in [-0.2, 0) is 19.0 Å². The Hall–Kier alpha value is -0.960. The molecule has 0 saturated carbocycles. The van der Waals surface area contributed by atoms with E-state index in [1.54, 1.807) is 6.92 Å². The van der Waals surface area contributed by atoms with Gasteiger partial charge in [-0.2, -0.15) is 22.0 Å². The molecule has 0 saturated heterocycles. The number of halogens is 5. The van der Waals surface area contributed by atoms with E-state index in [0.29, 0.717) is 6.61 Å². The van der Waals surface area contributed by atoms with Gasteiger partial charge in [0.2, 0.25) is 0 Å². The van der Waals surface area contributed by atoms with Crippen LogP contribution >= 0.6 is 0 Å². The molecule has 0 aromatic heterocycles. The van der Waals surface area contributed by atoms with E-state index in [-0.39, 0.29) is 19.8 Å². The molecule has 0 fully saturated rings. The molecule has 0 atom stereocenters. The van der Waals surface area contributed by atoms with Gasteiger partial charge in [0, 0.05) is 6.61 Å². The number of carbonyl (C=O) groups excluding carboxylic acids is 1. The Morgan fingerprint density at radius 1 is 0.944 bits per heavy atom. The number of hydrogen-bond acceptors (Lipinski definition) is 4. The van der Waals surface area contributed by atoms with Gasteiger partial charge in [0.1, 0.15) is 6.61 Å². The lowest BCUT2D eigenvalue weighted by Crippen LogP contribution is -2.45. The van der Waals surface area contributed by atoms with Crippen molar-refractivity contribution in [1.29, 1.82) is 0 Å². The van der Waals surface area contributed by atoms with E-state index in [1.165, 1.54) is 0 Å². The monoisotopic (exact) mass is 280 g/mol. The standard InChI is InChI=1S/C9H13F5O4/c1-2-16-3-4-17-5-6-18-7(15)8(10,11)9(12,13)14/h2-6H2,1H3. The van der Waals surface area contributed by atoms with Gasteiger partial charge >= 0.3 is 18.1 Å². The fourth-order valence-electron chi connectivity index (χ4n) is 0.764. The van der Waals surface area contributed by atoms with E-state index < -0.39 is 24.7 Å². The smallest absolute Gasteiger partial charge is 0.459 e. The van der Waals surface area contributed by atoms with Crippen molar-refractivity contribution in [2.24, 2.45) is 0 Å². The molecule has 4 nitrogen and oxygen atoms in total. The number of ether oxygens (including phenoxy) is 3. The molecule has 108 valence electrons. The van der Waals surface area contributed by atoms with Crippen molar-refractivity contribution in [2.45, 2.75) is 19.0 Å². The minimum absolute atomic E-state index is 0.126. The molecule has 0 rings (SSSR count). The van der Waals surface area contributed by atoms with Crippen molar-refractivity contribution in [1.82, 2.24) is 0 Å². The van der Waals surface area contributed by atoms with E-state index in [4.69, 9.17) is 9.47 Å². The molecule has 0 aliphatic carbocycles. The minimum atomic E-state index is -5.96. The molecule has 0 unspecified atom stereocenters. The van der Waals surface area contributed by atoms with Crippen LogP contribution < -0.4 is 0 Å². The molecule has 0 radical (unpaired) electrons. The first-order valence-corrected chi connectivity index (χ1v) is 5.00. The zero-order valence-corrected chi connectivity index (χ0v) is 9.56. The van der Waals surface area contributed by atoms with Crippen LogP contribution in [0.3, 0.4) is 0 Å². The Morgan fingerprint density at radius 3 is 1.94 bits per heavy atom. The Labute approximate surface area is 100.0 Å². The summed E-state index contributed by atoms with van der Waals surface area (Å²) in [5, 5.41) is 0. The van der Waals surface area contributed by atoms with Gasteiger partial charge < -0.3 is 14.2 Å². The lowest BCUT2D eigenvalue weighted by Gasteiger charge is -2.17. The molecule has 0 aliphatic heterocycles. The van der Waals surface area contributed by atoms with E-state index in [9.17, 15) is 26.7 Å². The van der Waals surface area contributed by atoms with Gasteiger partial charge in [0.15, 0.2) is 0 Å². The van der Waals surface area contributed by atoms with Crippen LogP contribution in [0.1, 0.15) is 6.92 Å². The van der Waals surface area contributed by atoms with Gasteiger partial charge in [-0.05, 0) is 6.92 Å². The molecule has 0 aromatic carbocycles. The van der Waals surface area contributed by atoms with E-state index >= 15 is 0 Å². The molecule has 0 bridgehead atoms. The van der Waals surface area contributed by atoms with Crippen LogP contribution in [0.25, 0.3) is 0 Å². The molecule has 9 heteroatoms. The van der Waals surface area contributed by atoms with Crippen molar-refractivity contribution >= 4 is 5.97 Å². The molecule has 0 heterocycles. The van der Waals surface area contributed by atoms with Crippen molar-refractivity contribution in [2.75, 3.05) is 33.0 Å². The van der Waals surface area contributed by atoms with Gasteiger partial charge in [0.05, 0.1) is 19.8 Å². The predicted molar refractivity (Wildman–Crippen MR) is 49.3 cm³/mol. The van der Waals surface area contributed by atoms with Crippen molar-refractivity contribution < 1.29 is 41.0 Å². The quantitative estimate of drug-likeness (QED) is 0.386. The van der Waals surface area contributed by atoms with Crippen LogP contribution in [0.5, 0.6) is 0 Å². The summed E-state index contributed by atoms with van der Waals surface area (Å²) in [5.41, 5.74) is 0. The fraction of sp³-hybridized carbons (Fsp3) is 0.889. The summed E-state index contributed by atoms with van der Waals surface area (Å²) < 4.78 is 73.2. The van der Waals surface area contributed by atoms with Gasteiger partial charge in [0.25, 0.3) is 0 Å². The van der Waals surface area contributed by atoms with Crippen molar-refractivity contribution in [3.63, 3.8) is 0 Å². The maximum atomic E-state index is 12.3. The van der Waals surface area contributed by atoms with Gasteiger partial charge in [-0.25, -0.2) is 4.79 Å². The summed E-state index contributed by atoms with van der Waals surface area (Å²) in [6.45, 7) is 1.63. The second kappa shape index (κ2) is 7.47. The zero-order chi connectivity index (χ0) is 14.2. The Balaban J connectivity index is 3.78. The second-order valence-electron chi connectivity index (χ2n) is 3.02. The first-order chi connectivity index (χ1) is 8.23.